The zero-order valence-electron chi connectivity index (χ0n) is 24.9. The van der Waals surface area contributed by atoms with Gasteiger partial charge in [-0.25, -0.2) is 0 Å². The van der Waals surface area contributed by atoms with E-state index < -0.39 is 0 Å². The Morgan fingerprint density at radius 1 is 0.816 bits per heavy atom. The van der Waals surface area contributed by atoms with Gasteiger partial charge < -0.3 is 14.9 Å². The zero-order valence-corrected chi connectivity index (χ0v) is 26.5. The van der Waals surface area contributed by atoms with E-state index in [1.807, 2.05) is 23.5 Å². The normalized spacial score (nSPS) is 24.5. The van der Waals surface area contributed by atoms with Gasteiger partial charge in [0.05, 0.1) is 5.75 Å². The molecule has 4 nitrogen and oxygen atoms in total. The first-order chi connectivity index (χ1) is 17.9. The number of benzene rings is 1. The maximum absolute atomic E-state index is 13.2. The first-order valence-electron chi connectivity index (χ1n) is 15.1. The summed E-state index contributed by atoms with van der Waals surface area (Å²) in [5.41, 5.74) is 1.84. The Bertz CT molecular complexity index is 903. The van der Waals surface area contributed by atoms with Crippen LogP contribution in [0.5, 0.6) is 5.75 Å². The van der Waals surface area contributed by atoms with E-state index in [1.54, 1.807) is 0 Å². The number of rotatable bonds is 6. The number of hydrogen-bond donors (Lipinski definition) is 1. The van der Waals surface area contributed by atoms with Crippen LogP contribution in [0.4, 0.5) is 0 Å². The van der Waals surface area contributed by atoms with Crippen LogP contribution in [0.1, 0.15) is 110 Å². The van der Waals surface area contributed by atoms with Crippen molar-refractivity contribution in [3.63, 3.8) is 0 Å². The number of amides is 1. The molecule has 1 amide bonds. The predicted octanol–water partition coefficient (Wildman–Crippen LogP) is 7.60. The molecule has 3 aliphatic rings. The number of hydrogen-bond acceptors (Lipinski definition) is 5. The maximum Gasteiger partial charge on any atom is 0.232 e. The van der Waals surface area contributed by atoms with Crippen molar-refractivity contribution in [2.45, 2.75) is 132 Å². The second-order valence-corrected chi connectivity index (χ2v) is 16.4. The van der Waals surface area contributed by atoms with Crippen molar-refractivity contribution in [2.24, 2.45) is 0 Å². The minimum Gasteiger partial charge on any atom is -0.507 e. The molecule has 0 unspecified atom stereocenters. The van der Waals surface area contributed by atoms with Crippen molar-refractivity contribution in [1.82, 2.24) is 9.80 Å². The molecule has 0 radical (unpaired) electrons. The van der Waals surface area contributed by atoms with Gasteiger partial charge in [-0.05, 0) is 74.6 Å². The van der Waals surface area contributed by atoms with Gasteiger partial charge in [-0.3, -0.25) is 4.79 Å². The minimum atomic E-state index is -0.116. The molecule has 1 saturated carbocycles. The molecule has 1 N–H and O–H groups in total. The van der Waals surface area contributed by atoms with Gasteiger partial charge in [0.1, 0.15) is 5.75 Å². The lowest BCUT2D eigenvalue weighted by atomic mass is 9.79. The van der Waals surface area contributed by atoms with E-state index in [0.717, 1.165) is 37.1 Å². The van der Waals surface area contributed by atoms with E-state index in [0.29, 0.717) is 34.0 Å². The number of piperidine rings is 2. The van der Waals surface area contributed by atoms with Crippen molar-refractivity contribution in [3.8, 4) is 5.75 Å². The summed E-state index contributed by atoms with van der Waals surface area (Å²) in [6.45, 7) is 17.5. The molecule has 2 heterocycles. The Kier molecular flexibility index (Phi) is 10.1. The molecule has 1 aliphatic carbocycles. The number of carbonyl (C=O) groups excluding carboxylic acids is 1. The molecule has 6 heteroatoms. The van der Waals surface area contributed by atoms with Crippen molar-refractivity contribution in [2.75, 3.05) is 31.9 Å². The molecule has 3 fully saturated rings. The number of phenolic OH excluding ortho intramolecular Hbond substituents is 1. The van der Waals surface area contributed by atoms with Crippen LogP contribution < -0.4 is 0 Å². The van der Waals surface area contributed by atoms with E-state index in [9.17, 15) is 9.90 Å². The molecule has 2 saturated heterocycles. The first-order valence-corrected chi connectivity index (χ1v) is 17.0. The quantitative estimate of drug-likeness (QED) is 0.388. The molecule has 1 aromatic carbocycles. The Hall–Kier alpha value is -0.850. The number of thioether (sulfide) groups is 2. The predicted molar refractivity (Wildman–Crippen MR) is 165 cm³/mol. The fourth-order valence-electron chi connectivity index (χ4n) is 6.42. The molecular weight excluding hydrogens is 508 g/mol. The van der Waals surface area contributed by atoms with Gasteiger partial charge in [-0.1, -0.05) is 60.8 Å². The Labute approximate surface area is 241 Å². The lowest BCUT2D eigenvalue weighted by Gasteiger charge is -2.40. The fourth-order valence-corrected chi connectivity index (χ4v) is 9.34. The standard InChI is InChI=1S/C32H52N2O2S2/c1-31(2,3)25-20-24(21-26(30(25)36)32(4,5)6)38-28-13-9-8-12-27(28)37-22-29(35)34-18-14-23(15-19-34)33-16-10-7-11-17-33/h20-21,23,27-28,36H,7-19,22H2,1-6H3/t27-,28-/m1/s1. The van der Waals surface area contributed by atoms with Crippen LogP contribution in [-0.2, 0) is 15.6 Å². The monoisotopic (exact) mass is 560 g/mol. The summed E-state index contributed by atoms with van der Waals surface area (Å²) in [6, 6.07) is 5.14. The third-order valence-corrected chi connectivity index (χ3v) is 11.7. The Morgan fingerprint density at radius 3 is 1.92 bits per heavy atom. The smallest absolute Gasteiger partial charge is 0.232 e. The number of nitrogens with zero attached hydrogens (tertiary/aromatic N) is 2. The molecule has 4 rings (SSSR count). The van der Waals surface area contributed by atoms with E-state index in [4.69, 9.17) is 0 Å². The number of carbonyl (C=O) groups is 1. The van der Waals surface area contributed by atoms with Crippen molar-refractivity contribution >= 4 is 29.4 Å². The first kappa shape index (κ1) is 30.1. The van der Waals surface area contributed by atoms with Crippen LogP contribution in [0.25, 0.3) is 0 Å². The van der Waals surface area contributed by atoms with Crippen LogP contribution in [0.3, 0.4) is 0 Å². The van der Waals surface area contributed by atoms with Gasteiger partial charge in [0.2, 0.25) is 5.91 Å². The summed E-state index contributed by atoms with van der Waals surface area (Å²) < 4.78 is 0. The van der Waals surface area contributed by atoms with Crippen LogP contribution >= 0.6 is 23.5 Å². The third kappa shape index (κ3) is 7.66. The van der Waals surface area contributed by atoms with Crippen LogP contribution in [0, 0.1) is 0 Å². The minimum absolute atomic E-state index is 0.116. The lowest BCUT2D eigenvalue weighted by molar-refractivity contribution is -0.130. The molecule has 1 aromatic rings. The SMILES string of the molecule is CC(C)(C)c1cc(S[C@@H]2CCCC[C@H]2SCC(=O)N2CCC(N3CCCCC3)CC2)cc(C(C)(C)C)c1O. The van der Waals surface area contributed by atoms with Crippen molar-refractivity contribution in [1.29, 1.82) is 0 Å². The maximum atomic E-state index is 13.2. The molecule has 2 atom stereocenters. The van der Waals surface area contributed by atoms with Crippen LogP contribution in [-0.4, -0.2) is 69.3 Å². The Balaban J connectivity index is 1.36. The molecule has 0 spiro atoms. The summed E-state index contributed by atoms with van der Waals surface area (Å²) in [6.07, 6.45) is 11.3. The topological polar surface area (TPSA) is 43.8 Å². The summed E-state index contributed by atoms with van der Waals surface area (Å²) in [5.74, 6) is 1.42. The number of likely N-dealkylation sites (tertiary alicyclic amines) is 2. The Morgan fingerprint density at radius 2 is 1.37 bits per heavy atom. The van der Waals surface area contributed by atoms with Crippen molar-refractivity contribution in [3.05, 3.63) is 23.3 Å². The van der Waals surface area contributed by atoms with Gasteiger partial charge in [-0.15, -0.1) is 23.5 Å². The number of phenols is 1. The van der Waals surface area contributed by atoms with Gasteiger partial charge >= 0.3 is 0 Å². The van der Waals surface area contributed by atoms with Gasteiger partial charge in [-0.2, -0.15) is 0 Å². The zero-order chi connectivity index (χ0) is 27.5. The average molecular weight is 561 g/mol. The highest BCUT2D eigenvalue weighted by molar-refractivity contribution is 8.04. The summed E-state index contributed by atoms with van der Waals surface area (Å²) >= 11 is 3.89. The second-order valence-electron chi connectivity index (χ2n) is 13.9. The highest BCUT2D eigenvalue weighted by Crippen LogP contribution is 2.45. The molecule has 0 bridgehead atoms. The molecular formula is C32H52N2O2S2. The lowest BCUT2D eigenvalue weighted by Crippen LogP contribution is -2.48. The van der Waals surface area contributed by atoms with E-state index in [-0.39, 0.29) is 10.8 Å². The van der Waals surface area contributed by atoms with Gasteiger partial charge in [0.25, 0.3) is 0 Å². The van der Waals surface area contributed by atoms with Gasteiger partial charge in [0.15, 0.2) is 0 Å². The van der Waals surface area contributed by atoms with E-state index in [2.05, 4.69) is 63.5 Å². The third-order valence-electron chi connectivity index (χ3n) is 8.77. The molecule has 0 aromatic heterocycles. The number of aromatic hydroxyl groups is 1. The molecule has 2 aliphatic heterocycles. The van der Waals surface area contributed by atoms with Crippen LogP contribution in [0.2, 0.25) is 0 Å². The van der Waals surface area contributed by atoms with Crippen molar-refractivity contribution < 1.29 is 9.90 Å². The molecule has 38 heavy (non-hydrogen) atoms. The van der Waals surface area contributed by atoms with Gasteiger partial charge in [0, 0.05) is 45.7 Å². The highest BCUT2D eigenvalue weighted by Gasteiger charge is 2.32. The highest BCUT2D eigenvalue weighted by atomic mass is 32.2. The van der Waals surface area contributed by atoms with Crippen LogP contribution in [0.15, 0.2) is 17.0 Å². The largest absolute Gasteiger partial charge is 0.507 e. The summed E-state index contributed by atoms with van der Waals surface area (Å²) in [4.78, 5) is 19.3. The van der Waals surface area contributed by atoms with E-state index in [1.165, 1.54) is 62.9 Å². The molecule has 214 valence electrons. The fraction of sp³-hybridized carbons (Fsp3) is 0.781. The average Bonchev–Trinajstić information content (AvgIpc) is 2.88. The summed E-state index contributed by atoms with van der Waals surface area (Å²) in [5, 5.41) is 12.2. The summed E-state index contributed by atoms with van der Waals surface area (Å²) in [7, 11) is 0. The van der Waals surface area contributed by atoms with E-state index >= 15 is 0 Å². The second kappa shape index (κ2) is 12.8.